The minimum Gasteiger partial charge on any atom is -0.348 e. The Balaban J connectivity index is 2.04. The van der Waals surface area contributed by atoms with Crippen LogP contribution in [0.3, 0.4) is 0 Å². The molecule has 0 aliphatic heterocycles. The van der Waals surface area contributed by atoms with Gasteiger partial charge in [-0.3, -0.25) is 4.79 Å². The molecular formula is C13H9BrF2N2O. The minimum absolute atomic E-state index is 0.00904. The van der Waals surface area contributed by atoms with E-state index < -0.39 is 11.6 Å². The summed E-state index contributed by atoms with van der Waals surface area (Å²) in [5.74, 6) is -1.69. The summed E-state index contributed by atoms with van der Waals surface area (Å²) in [6.07, 6.45) is 1.48. The van der Waals surface area contributed by atoms with Crippen molar-refractivity contribution in [3.63, 3.8) is 0 Å². The highest BCUT2D eigenvalue weighted by Crippen LogP contribution is 2.11. The summed E-state index contributed by atoms with van der Waals surface area (Å²) in [5.41, 5.74) is 0.632. The monoisotopic (exact) mass is 326 g/mol. The summed E-state index contributed by atoms with van der Waals surface area (Å²) in [4.78, 5) is 15.7. The van der Waals surface area contributed by atoms with Crippen molar-refractivity contribution in [2.24, 2.45) is 0 Å². The molecule has 0 atom stereocenters. The molecule has 19 heavy (non-hydrogen) atoms. The second-order valence-electron chi connectivity index (χ2n) is 3.79. The van der Waals surface area contributed by atoms with E-state index in [0.29, 0.717) is 10.2 Å². The number of nitrogens with one attached hydrogen (secondary N) is 1. The smallest absolute Gasteiger partial charge is 0.251 e. The highest BCUT2D eigenvalue weighted by atomic mass is 79.9. The van der Waals surface area contributed by atoms with E-state index in [1.165, 1.54) is 12.3 Å². The first kappa shape index (κ1) is 13.6. The van der Waals surface area contributed by atoms with Crippen LogP contribution in [0.15, 0.2) is 41.1 Å². The molecule has 0 aliphatic rings. The van der Waals surface area contributed by atoms with Crippen LogP contribution in [0.2, 0.25) is 0 Å². The number of hydrogen-bond donors (Lipinski definition) is 1. The zero-order chi connectivity index (χ0) is 13.8. The largest absolute Gasteiger partial charge is 0.348 e. The van der Waals surface area contributed by atoms with Gasteiger partial charge in [0.05, 0.1) is 0 Å². The molecule has 0 saturated heterocycles. The van der Waals surface area contributed by atoms with Crippen molar-refractivity contribution in [2.75, 3.05) is 0 Å². The Kier molecular flexibility index (Phi) is 4.21. The zero-order valence-electron chi connectivity index (χ0n) is 9.66. The lowest BCUT2D eigenvalue weighted by Gasteiger charge is -2.06. The van der Waals surface area contributed by atoms with Gasteiger partial charge in [0.25, 0.3) is 5.91 Å². The molecule has 0 fully saturated rings. The molecule has 98 valence electrons. The molecule has 3 nitrogen and oxygen atoms in total. The van der Waals surface area contributed by atoms with Crippen LogP contribution in [0.1, 0.15) is 15.9 Å². The molecule has 1 aromatic carbocycles. The zero-order valence-corrected chi connectivity index (χ0v) is 11.2. The van der Waals surface area contributed by atoms with Crippen molar-refractivity contribution in [3.8, 4) is 0 Å². The van der Waals surface area contributed by atoms with Crippen molar-refractivity contribution in [1.82, 2.24) is 10.3 Å². The number of pyridine rings is 1. The first-order valence-electron chi connectivity index (χ1n) is 5.40. The molecule has 2 aromatic rings. The van der Waals surface area contributed by atoms with Gasteiger partial charge in [-0.05, 0) is 34.1 Å². The van der Waals surface area contributed by atoms with Crippen LogP contribution in [-0.2, 0) is 6.54 Å². The van der Waals surface area contributed by atoms with Gasteiger partial charge in [-0.15, -0.1) is 0 Å². The molecule has 0 spiro atoms. The number of carbonyl (C=O) groups excluding carboxylic acids is 1. The SMILES string of the molecule is O=C(NCc1ccc(F)cc1F)c1ccnc(Br)c1. The van der Waals surface area contributed by atoms with Crippen LogP contribution in [-0.4, -0.2) is 10.9 Å². The number of halogens is 3. The first-order chi connectivity index (χ1) is 9.06. The molecule has 1 N–H and O–H groups in total. The Morgan fingerprint density at radius 2 is 2.05 bits per heavy atom. The highest BCUT2D eigenvalue weighted by molar-refractivity contribution is 9.10. The quantitative estimate of drug-likeness (QED) is 0.881. The Labute approximate surface area is 116 Å². The maximum atomic E-state index is 13.4. The fourth-order valence-corrected chi connectivity index (χ4v) is 1.85. The van der Waals surface area contributed by atoms with Gasteiger partial charge in [0.1, 0.15) is 16.2 Å². The standard InChI is InChI=1S/C13H9BrF2N2O/c14-12-5-8(3-4-17-12)13(19)18-7-9-1-2-10(15)6-11(9)16/h1-6H,7H2,(H,18,19). The highest BCUT2D eigenvalue weighted by Gasteiger charge is 2.08. The van der Waals surface area contributed by atoms with Crippen molar-refractivity contribution in [1.29, 1.82) is 0 Å². The molecule has 6 heteroatoms. The van der Waals surface area contributed by atoms with Gasteiger partial charge in [0.15, 0.2) is 0 Å². The Morgan fingerprint density at radius 3 is 2.74 bits per heavy atom. The summed E-state index contributed by atoms with van der Waals surface area (Å²) in [5, 5.41) is 2.55. The number of aromatic nitrogens is 1. The number of nitrogens with zero attached hydrogens (tertiary/aromatic N) is 1. The van der Waals surface area contributed by atoms with Crippen LogP contribution in [0.25, 0.3) is 0 Å². The number of rotatable bonds is 3. The van der Waals surface area contributed by atoms with Crippen molar-refractivity contribution in [3.05, 3.63) is 63.9 Å². The number of amides is 1. The Morgan fingerprint density at radius 1 is 1.26 bits per heavy atom. The predicted molar refractivity (Wildman–Crippen MR) is 69.5 cm³/mol. The molecular weight excluding hydrogens is 318 g/mol. The molecule has 0 saturated carbocycles. The molecule has 1 aromatic heterocycles. The molecule has 0 radical (unpaired) electrons. The van der Waals surface area contributed by atoms with Crippen LogP contribution in [0.5, 0.6) is 0 Å². The van der Waals surface area contributed by atoms with Crippen molar-refractivity contribution in [2.45, 2.75) is 6.54 Å². The van der Waals surface area contributed by atoms with Gasteiger partial charge in [-0.25, -0.2) is 13.8 Å². The Hall–Kier alpha value is -1.82. The third kappa shape index (κ3) is 3.57. The van der Waals surface area contributed by atoms with Crippen LogP contribution < -0.4 is 5.32 Å². The van der Waals surface area contributed by atoms with Gasteiger partial charge in [-0.1, -0.05) is 6.07 Å². The van der Waals surface area contributed by atoms with Gasteiger partial charge in [-0.2, -0.15) is 0 Å². The average Bonchev–Trinajstić information content (AvgIpc) is 2.37. The van der Waals surface area contributed by atoms with E-state index in [0.717, 1.165) is 12.1 Å². The van der Waals surface area contributed by atoms with E-state index >= 15 is 0 Å². The van der Waals surface area contributed by atoms with Gasteiger partial charge in [0, 0.05) is 29.9 Å². The van der Waals surface area contributed by atoms with Crippen molar-refractivity contribution < 1.29 is 13.6 Å². The van der Waals surface area contributed by atoms with E-state index in [-0.39, 0.29) is 18.0 Å². The van der Waals surface area contributed by atoms with E-state index in [4.69, 9.17) is 0 Å². The van der Waals surface area contributed by atoms with E-state index in [2.05, 4.69) is 26.2 Å². The van der Waals surface area contributed by atoms with E-state index in [9.17, 15) is 13.6 Å². The lowest BCUT2D eigenvalue weighted by atomic mass is 10.2. The fourth-order valence-electron chi connectivity index (χ4n) is 1.49. The maximum absolute atomic E-state index is 13.4. The molecule has 0 unspecified atom stereocenters. The number of hydrogen-bond acceptors (Lipinski definition) is 2. The summed E-state index contributed by atoms with van der Waals surface area (Å²) < 4.78 is 26.6. The molecule has 0 aliphatic carbocycles. The molecule has 0 bridgehead atoms. The molecule has 2 rings (SSSR count). The summed E-state index contributed by atoms with van der Waals surface area (Å²) in [6.45, 7) is -0.00904. The number of benzene rings is 1. The van der Waals surface area contributed by atoms with E-state index in [1.54, 1.807) is 12.1 Å². The van der Waals surface area contributed by atoms with Crippen LogP contribution in [0.4, 0.5) is 8.78 Å². The minimum atomic E-state index is -0.684. The predicted octanol–water partition coefficient (Wildman–Crippen LogP) is 3.05. The maximum Gasteiger partial charge on any atom is 0.251 e. The molecule has 1 amide bonds. The molecule has 1 heterocycles. The van der Waals surface area contributed by atoms with Crippen molar-refractivity contribution >= 4 is 21.8 Å². The Bertz CT molecular complexity index is 619. The summed E-state index contributed by atoms with van der Waals surface area (Å²) >= 11 is 3.15. The average molecular weight is 327 g/mol. The van der Waals surface area contributed by atoms with Crippen LogP contribution >= 0.6 is 15.9 Å². The topological polar surface area (TPSA) is 42.0 Å². The normalized spacial score (nSPS) is 10.3. The second-order valence-corrected chi connectivity index (χ2v) is 4.60. The van der Waals surface area contributed by atoms with E-state index in [1.807, 2.05) is 0 Å². The number of carbonyl (C=O) groups is 1. The lowest BCUT2D eigenvalue weighted by molar-refractivity contribution is 0.0950. The lowest BCUT2D eigenvalue weighted by Crippen LogP contribution is -2.23. The second kappa shape index (κ2) is 5.88. The van der Waals surface area contributed by atoms with Crippen LogP contribution in [0, 0.1) is 11.6 Å². The summed E-state index contributed by atoms with van der Waals surface area (Å²) in [7, 11) is 0. The fraction of sp³-hybridized carbons (Fsp3) is 0.0769. The van der Waals surface area contributed by atoms with Gasteiger partial charge in [0.2, 0.25) is 0 Å². The third-order valence-corrected chi connectivity index (χ3v) is 2.88. The first-order valence-corrected chi connectivity index (χ1v) is 6.19. The van der Waals surface area contributed by atoms with Gasteiger partial charge >= 0.3 is 0 Å². The third-order valence-electron chi connectivity index (χ3n) is 2.44. The van der Waals surface area contributed by atoms with Gasteiger partial charge < -0.3 is 5.32 Å². The summed E-state index contributed by atoms with van der Waals surface area (Å²) in [6, 6.07) is 6.32.